The second-order valence-corrected chi connectivity index (χ2v) is 7.74. The summed E-state index contributed by atoms with van der Waals surface area (Å²) in [6, 6.07) is 1.04. The average molecular weight is 450 g/mol. The van der Waals surface area contributed by atoms with Gasteiger partial charge >= 0.3 is 6.18 Å². The van der Waals surface area contributed by atoms with Gasteiger partial charge in [0.05, 0.1) is 12.1 Å². The quantitative estimate of drug-likeness (QED) is 0.620. The largest absolute Gasteiger partial charge is 0.486 e. The second kappa shape index (κ2) is 7.65. The molecule has 2 aliphatic rings. The van der Waals surface area contributed by atoms with E-state index in [1.165, 1.54) is 10.7 Å². The lowest BCUT2D eigenvalue weighted by atomic mass is 10.1. The maximum absolute atomic E-state index is 13.4. The number of rotatable bonds is 3. The van der Waals surface area contributed by atoms with Crippen LogP contribution < -0.4 is 20.7 Å². The van der Waals surface area contributed by atoms with Gasteiger partial charge in [0.2, 0.25) is 5.65 Å². The molecule has 170 valence electrons. The van der Waals surface area contributed by atoms with E-state index in [9.17, 15) is 13.2 Å². The lowest BCUT2D eigenvalue weighted by Gasteiger charge is -2.31. The van der Waals surface area contributed by atoms with Crippen molar-refractivity contribution in [1.29, 1.82) is 0 Å². The molecule has 5 heterocycles. The zero-order valence-corrected chi connectivity index (χ0v) is 17.2. The van der Waals surface area contributed by atoms with Crippen LogP contribution in [0.4, 0.5) is 30.5 Å². The molecule has 0 saturated carbocycles. The van der Waals surface area contributed by atoms with Crippen molar-refractivity contribution in [3.63, 3.8) is 0 Å². The molecule has 13 heteroatoms. The fourth-order valence-electron chi connectivity index (χ4n) is 3.90. The van der Waals surface area contributed by atoms with E-state index in [0.717, 1.165) is 24.6 Å². The summed E-state index contributed by atoms with van der Waals surface area (Å²) in [7, 11) is 1.92. The molecule has 1 saturated heterocycles. The van der Waals surface area contributed by atoms with Gasteiger partial charge in [0.1, 0.15) is 18.1 Å². The van der Waals surface area contributed by atoms with Gasteiger partial charge in [0, 0.05) is 38.1 Å². The standard InChI is InChI=1S/C19H21F3N8O2/c1-29-4-7-32-14-13(29)16(25-11-2-5-31-6-3-11)28-30-17(26-27-18(14)30)10-8-12(19(20,21)22)15(23)24-9-10/h8-9,11H,2-7H2,1H3,(H2,23,24)(H,25,28). The number of aromatic nitrogens is 5. The lowest BCUT2D eigenvalue weighted by Crippen LogP contribution is -2.33. The minimum absolute atomic E-state index is 0.0904. The first kappa shape index (κ1) is 20.5. The van der Waals surface area contributed by atoms with Gasteiger partial charge in [0.25, 0.3) is 0 Å². The molecule has 1 fully saturated rings. The Morgan fingerprint density at radius 1 is 1.19 bits per heavy atom. The molecular weight excluding hydrogens is 429 g/mol. The molecule has 10 nitrogen and oxygen atoms in total. The van der Waals surface area contributed by atoms with Crippen LogP contribution in [-0.2, 0) is 10.9 Å². The Morgan fingerprint density at radius 3 is 2.72 bits per heavy atom. The summed E-state index contributed by atoms with van der Waals surface area (Å²) in [5, 5.41) is 16.4. The molecule has 0 radical (unpaired) electrons. The zero-order valence-electron chi connectivity index (χ0n) is 17.2. The Balaban J connectivity index is 1.66. The molecule has 3 N–H and O–H groups in total. The summed E-state index contributed by atoms with van der Waals surface area (Å²) >= 11 is 0. The van der Waals surface area contributed by atoms with Crippen molar-refractivity contribution in [1.82, 2.24) is 24.8 Å². The van der Waals surface area contributed by atoms with Crippen molar-refractivity contribution in [3.8, 4) is 17.1 Å². The third kappa shape index (κ3) is 3.51. The molecule has 0 atom stereocenters. The highest BCUT2D eigenvalue weighted by molar-refractivity contribution is 5.82. The predicted octanol–water partition coefficient (Wildman–Crippen LogP) is 2.21. The number of nitrogens with two attached hydrogens (primary N) is 1. The highest BCUT2D eigenvalue weighted by Crippen LogP contribution is 2.41. The van der Waals surface area contributed by atoms with Gasteiger partial charge in [-0.1, -0.05) is 0 Å². The molecule has 32 heavy (non-hydrogen) atoms. The first-order valence-corrected chi connectivity index (χ1v) is 10.1. The number of anilines is 3. The fourth-order valence-corrected chi connectivity index (χ4v) is 3.90. The highest BCUT2D eigenvalue weighted by Gasteiger charge is 2.35. The van der Waals surface area contributed by atoms with E-state index < -0.39 is 17.6 Å². The van der Waals surface area contributed by atoms with Crippen LogP contribution in [0.25, 0.3) is 17.0 Å². The van der Waals surface area contributed by atoms with Crippen molar-refractivity contribution in [2.75, 3.05) is 49.4 Å². The summed E-state index contributed by atoms with van der Waals surface area (Å²) in [5.74, 6) is 0.517. The number of fused-ring (bicyclic) bond motifs is 3. The van der Waals surface area contributed by atoms with Crippen molar-refractivity contribution in [2.24, 2.45) is 0 Å². The van der Waals surface area contributed by atoms with Gasteiger partial charge in [-0.15, -0.1) is 15.3 Å². The summed E-state index contributed by atoms with van der Waals surface area (Å²) < 4.78 is 52.8. The third-order valence-electron chi connectivity index (χ3n) is 5.58. The zero-order chi connectivity index (χ0) is 22.5. The van der Waals surface area contributed by atoms with Gasteiger partial charge in [-0.25, -0.2) is 4.98 Å². The Hall–Kier alpha value is -3.35. The van der Waals surface area contributed by atoms with Crippen LogP contribution in [-0.4, -0.2) is 64.3 Å². The number of nitrogens with zero attached hydrogens (tertiary/aromatic N) is 6. The number of halogens is 3. The van der Waals surface area contributed by atoms with Crippen LogP contribution in [0.3, 0.4) is 0 Å². The van der Waals surface area contributed by atoms with Crippen LogP contribution >= 0.6 is 0 Å². The van der Waals surface area contributed by atoms with E-state index in [2.05, 4.69) is 25.6 Å². The number of nitrogens with one attached hydrogen (secondary N) is 1. The lowest BCUT2D eigenvalue weighted by molar-refractivity contribution is -0.137. The smallest absolute Gasteiger partial charge is 0.419 e. The van der Waals surface area contributed by atoms with Crippen LogP contribution in [0.15, 0.2) is 12.3 Å². The van der Waals surface area contributed by atoms with Gasteiger partial charge in [-0.05, 0) is 18.9 Å². The number of alkyl halides is 3. The molecule has 0 amide bonds. The summed E-state index contributed by atoms with van der Waals surface area (Å²) in [6.07, 6.45) is -1.81. The Bertz CT molecular complexity index is 1160. The third-order valence-corrected chi connectivity index (χ3v) is 5.58. The highest BCUT2D eigenvalue weighted by atomic mass is 19.4. The fraction of sp³-hybridized carbons (Fsp3) is 0.474. The van der Waals surface area contributed by atoms with Crippen LogP contribution in [0.5, 0.6) is 5.75 Å². The topological polar surface area (TPSA) is 116 Å². The number of likely N-dealkylation sites (N-methyl/N-ethyl adjacent to an activating group) is 1. The molecule has 3 aromatic rings. The summed E-state index contributed by atoms with van der Waals surface area (Å²) in [6.45, 7) is 2.38. The monoisotopic (exact) mass is 450 g/mol. The van der Waals surface area contributed by atoms with Gasteiger partial charge in [-0.3, -0.25) is 0 Å². The van der Waals surface area contributed by atoms with Crippen molar-refractivity contribution < 1.29 is 22.6 Å². The van der Waals surface area contributed by atoms with Gasteiger partial charge < -0.3 is 25.4 Å². The van der Waals surface area contributed by atoms with Crippen LogP contribution in [0.1, 0.15) is 18.4 Å². The van der Waals surface area contributed by atoms with Gasteiger partial charge in [0.15, 0.2) is 17.4 Å². The molecule has 2 aliphatic heterocycles. The average Bonchev–Trinajstić information content (AvgIpc) is 3.18. The number of hydrogen-bond acceptors (Lipinski definition) is 9. The Morgan fingerprint density at radius 2 is 1.97 bits per heavy atom. The first-order valence-electron chi connectivity index (χ1n) is 10.1. The normalized spacial score (nSPS) is 17.3. The molecule has 0 spiro atoms. The molecule has 0 aliphatic carbocycles. The minimum atomic E-state index is -4.65. The predicted molar refractivity (Wildman–Crippen MR) is 110 cm³/mol. The maximum Gasteiger partial charge on any atom is 0.419 e. The SMILES string of the molecule is CN1CCOc2c1c(NC1CCOCC1)nn1c(-c3cnc(N)c(C(F)(F)F)c3)nnc21. The summed E-state index contributed by atoms with van der Waals surface area (Å²) in [4.78, 5) is 5.71. The number of nitrogen functional groups attached to an aromatic ring is 1. The van der Waals surface area contributed by atoms with Crippen molar-refractivity contribution in [2.45, 2.75) is 25.1 Å². The molecule has 0 bridgehead atoms. The van der Waals surface area contributed by atoms with E-state index >= 15 is 0 Å². The van der Waals surface area contributed by atoms with E-state index in [0.29, 0.717) is 43.6 Å². The van der Waals surface area contributed by atoms with Crippen molar-refractivity contribution >= 4 is 23.0 Å². The maximum atomic E-state index is 13.4. The molecule has 0 aromatic carbocycles. The molecule has 5 rings (SSSR count). The first-order chi connectivity index (χ1) is 15.3. The molecular formula is C19H21F3N8O2. The van der Waals surface area contributed by atoms with Crippen molar-refractivity contribution in [3.05, 3.63) is 17.8 Å². The molecule has 0 unspecified atom stereocenters. The Kier molecular flexibility index (Phi) is 4.92. The van der Waals surface area contributed by atoms with Crippen LogP contribution in [0, 0.1) is 0 Å². The van der Waals surface area contributed by atoms with E-state index in [4.69, 9.17) is 15.2 Å². The second-order valence-electron chi connectivity index (χ2n) is 7.74. The Labute approximate surface area is 180 Å². The van der Waals surface area contributed by atoms with E-state index in [1.807, 2.05) is 11.9 Å². The van der Waals surface area contributed by atoms with E-state index in [1.54, 1.807) is 0 Å². The van der Waals surface area contributed by atoms with Gasteiger partial charge in [-0.2, -0.15) is 17.7 Å². The summed E-state index contributed by atoms with van der Waals surface area (Å²) in [5.41, 5.74) is 5.54. The minimum Gasteiger partial charge on any atom is -0.486 e. The van der Waals surface area contributed by atoms with Crippen LogP contribution in [0.2, 0.25) is 0 Å². The molecule has 3 aromatic heterocycles. The number of hydrogen-bond donors (Lipinski definition) is 2. The number of ether oxygens (including phenoxy) is 2. The van der Waals surface area contributed by atoms with E-state index in [-0.39, 0.29) is 17.4 Å². The number of pyridine rings is 1.